The molecule has 1 aliphatic heterocycles. The monoisotopic (exact) mass is 296 g/mol. The molecule has 0 spiro atoms. The molecule has 2 heterocycles. The Bertz CT molecular complexity index is 672. The zero-order chi connectivity index (χ0) is 15.5. The number of aryl methyl sites for hydroxylation is 1. The summed E-state index contributed by atoms with van der Waals surface area (Å²) in [6.45, 7) is 3.50. The molecule has 114 valence electrons. The lowest BCUT2D eigenvalue weighted by atomic mass is 9.97. The normalized spacial score (nSPS) is 18.2. The highest BCUT2D eigenvalue weighted by molar-refractivity contribution is 5.77. The summed E-state index contributed by atoms with van der Waals surface area (Å²) in [7, 11) is 0. The van der Waals surface area contributed by atoms with Crippen LogP contribution >= 0.6 is 0 Å². The molecule has 2 aromatic rings. The molecule has 1 aromatic heterocycles. The van der Waals surface area contributed by atoms with Crippen molar-refractivity contribution in [1.82, 2.24) is 9.97 Å². The third-order valence-electron chi connectivity index (χ3n) is 4.02. The van der Waals surface area contributed by atoms with Crippen LogP contribution < -0.4 is 10.6 Å². The molecule has 3 rings (SSSR count). The molecule has 2 N–H and O–H groups in total. The summed E-state index contributed by atoms with van der Waals surface area (Å²) in [6.07, 6.45) is 1.82. The molecule has 1 unspecified atom stereocenters. The van der Waals surface area contributed by atoms with E-state index in [1.165, 1.54) is 0 Å². The van der Waals surface area contributed by atoms with Crippen molar-refractivity contribution < 1.29 is 4.79 Å². The number of anilines is 1. The maximum absolute atomic E-state index is 11.4. The molecule has 5 heteroatoms. The van der Waals surface area contributed by atoms with E-state index in [9.17, 15) is 4.79 Å². The molecule has 1 fully saturated rings. The van der Waals surface area contributed by atoms with Crippen LogP contribution in [0.4, 0.5) is 5.82 Å². The van der Waals surface area contributed by atoms with Crippen LogP contribution in [0, 0.1) is 12.8 Å². The molecule has 22 heavy (non-hydrogen) atoms. The molecule has 0 saturated carbocycles. The largest absolute Gasteiger partial charge is 0.369 e. The first-order valence-corrected chi connectivity index (χ1v) is 7.59. The van der Waals surface area contributed by atoms with E-state index in [-0.39, 0.29) is 11.8 Å². The fourth-order valence-electron chi connectivity index (χ4n) is 2.85. The fraction of sp³-hybridized carbons (Fsp3) is 0.353. The Hall–Kier alpha value is -2.43. The van der Waals surface area contributed by atoms with E-state index in [4.69, 9.17) is 5.73 Å². The Balaban J connectivity index is 1.91. The predicted octanol–water partition coefficient (Wildman–Crippen LogP) is 2.15. The first-order valence-electron chi connectivity index (χ1n) is 7.59. The zero-order valence-corrected chi connectivity index (χ0v) is 12.7. The number of amides is 1. The van der Waals surface area contributed by atoms with Crippen molar-refractivity contribution in [2.75, 3.05) is 18.0 Å². The first-order chi connectivity index (χ1) is 10.6. The summed E-state index contributed by atoms with van der Waals surface area (Å²) in [5.74, 6) is 1.28. The molecule has 0 radical (unpaired) electrons. The minimum atomic E-state index is -0.223. The molecule has 0 bridgehead atoms. The van der Waals surface area contributed by atoms with Crippen molar-refractivity contribution in [2.45, 2.75) is 19.8 Å². The van der Waals surface area contributed by atoms with Crippen molar-refractivity contribution in [3.8, 4) is 11.4 Å². The van der Waals surface area contributed by atoms with Gasteiger partial charge in [-0.2, -0.15) is 0 Å². The van der Waals surface area contributed by atoms with Gasteiger partial charge in [-0.15, -0.1) is 0 Å². The lowest BCUT2D eigenvalue weighted by Crippen LogP contribution is -2.41. The second-order valence-corrected chi connectivity index (χ2v) is 5.74. The Morgan fingerprint density at radius 1 is 1.27 bits per heavy atom. The van der Waals surface area contributed by atoms with Crippen molar-refractivity contribution in [3.63, 3.8) is 0 Å². The third-order valence-corrected chi connectivity index (χ3v) is 4.02. The van der Waals surface area contributed by atoms with Crippen molar-refractivity contribution in [2.24, 2.45) is 11.7 Å². The first kappa shape index (κ1) is 14.5. The minimum absolute atomic E-state index is 0.0933. The number of carbonyl (C=O) groups is 1. The number of carbonyl (C=O) groups excluding carboxylic acids is 1. The fourth-order valence-corrected chi connectivity index (χ4v) is 2.85. The van der Waals surface area contributed by atoms with Crippen molar-refractivity contribution in [1.29, 1.82) is 0 Å². The molecule has 1 aliphatic rings. The molecule has 1 saturated heterocycles. The Morgan fingerprint density at radius 3 is 2.77 bits per heavy atom. The van der Waals surface area contributed by atoms with Crippen molar-refractivity contribution >= 4 is 11.7 Å². The Morgan fingerprint density at radius 2 is 2.05 bits per heavy atom. The maximum Gasteiger partial charge on any atom is 0.222 e. The number of piperidine rings is 1. The van der Waals surface area contributed by atoms with E-state index in [2.05, 4.69) is 14.9 Å². The number of rotatable bonds is 3. The van der Waals surface area contributed by atoms with Gasteiger partial charge in [0.1, 0.15) is 5.82 Å². The highest BCUT2D eigenvalue weighted by atomic mass is 16.1. The van der Waals surface area contributed by atoms with Crippen LogP contribution in [0.3, 0.4) is 0 Å². The van der Waals surface area contributed by atoms with Gasteiger partial charge in [0.25, 0.3) is 0 Å². The quantitative estimate of drug-likeness (QED) is 0.942. The molecule has 1 atom stereocenters. The summed E-state index contributed by atoms with van der Waals surface area (Å²) in [4.78, 5) is 22.8. The van der Waals surface area contributed by atoms with Gasteiger partial charge in [-0.05, 0) is 19.8 Å². The Kier molecular flexibility index (Phi) is 4.04. The van der Waals surface area contributed by atoms with E-state index in [1.807, 2.05) is 43.3 Å². The average molecular weight is 296 g/mol. The van der Waals surface area contributed by atoms with Crippen LogP contribution in [0.2, 0.25) is 0 Å². The highest BCUT2D eigenvalue weighted by Crippen LogP contribution is 2.24. The number of nitrogens with zero attached hydrogens (tertiary/aromatic N) is 3. The third kappa shape index (κ3) is 3.08. The molecule has 1 amide bonds. The van der Waals surface area contributed by atoms with Gasteiger partial charge < -0.3 is 10.6 Å². The van der Waals surface area contributed by atoms with Crippen LogP contribution in [-0.2, 0) is 4.79 Å². The van der Waals surface area contributed by atoms with Gasteiger partial charge in [0.15, 0.2) is 5.82 Å². The summed E-state index contributed by atoms with van der Waals surface area (Å²) in [5, 5.41) is 0. The second kappa shape index (κ2) is 6.13. The highest BCUT2D eigenvalue weighted by Gasteiger charge is 2.25. The van der Waals surface area contributed by atoms with E-state index >= 15 is 0 Å². The number of hydrogen-bond donors (Lipinski definition) is 1. The lowest BCUT2D eigenvalue weighted by Gasteiger charge is -2.32. The van der Waals surface area contributed by atoms with Gasteiger partial charge in [-0.1, -0.05) is 30.3 Å². The van der Waals surface area contributed by atoms with Crippen molar-refractivity contribution in [3.05, 3.63) is 42.1 Å². The summed E-state index contributed by atoms with van der Waals surface area (Å²) in [6, 6.07) is 11.9. The number of primary amides is 1. The standard InChI is InChI=1S/C17H20N4O/c1-12-10-15(21-9-5-8-14(11-21)16(18)22)20-17(19-12)13-6-3-2-4-7-13/h2-4,6-7,10,14H,5,8-9,11H2,1H3,(H2,18,22). The average Bonchev–Trinajstić information content (AvgIpc) is 2.55. The van der Waals surface area contributed by atoms with Crippen LogP contribution in [0.1, 0.15) is 18.5 Å². The Labute approximate surface area is 130 Å². The SMILES string of the molecule is Cc1cc(N2CCCC(C(N)=O)C2)nc(-c2ccccc2)n1. The van der Waals surface area contributed by atoms with Gasteiger partial charge in [-0.3, -0.25) is 4.79 Å². The van der Waals surface area contributed by atoms with E-state index in [1.54, 1.807) is 0 Å². The predicted molar refractivity (Wildman–Crippen MR) is 86.3 cm³/mol. The molecular formula is C17H20N4O. The van der Waals surface area contributed by atoms with Gasteiger partial charge >= 0.3 is 0 Å². The van der Waals surface area contributed by atoms with Crippen LogP contribution in [-0.4, -0.2) is 29.0 Å². The summed E-state index contributed by atoms with van der Waals surface area (Å²) >= 11 is 0. The maximum atomic E-state index is 11.4. The van der Waals surface area contributed by atoms with Crippen LogP contribution in [0.25, 0.3) is 11.4 Å². The number of hydrogen-bond acceptors (Lipinski definition) is 4. The number of benzene rings is 1. The zero-order valence-electron chi connectivity index (χ0n) is 12.7. The smallest absolute Gasteiger partial charge is 0.222 e. The van der Waals surface area contributed by atoms with Crippen LogP contribution in [0.15, 0.2) is 36.4 Å². The second-order valence-electron chi connectivity index (χ2n) is 5.74. The van der Waals surface area contributed by atoms with Gasteiger partial charge in [0.2, 0.25) is 5.91 Å². The minimum Gasteiger partial charge on any atom is -0.369 e. The van der Waals surface area contributed by atoms with Crippen LogP contribution in [0.5, 0.6) is 0 Å². The lowest BCUT2D eigenvalue weighted by molar-refractivity contribution is -0.122. The summed E-state index contributed by atoms with van der Waals surface area (Å²) < 4.78 is 0. The van der Waals surface area contributed by atoms with Gasteiger partial charge in [0.05, 0.1) is 5.92 Å². The molecule has 1 aromatic carbocycles. The van der Waals surface area contributed by atoms with E-state index < -0.39 is 0 Å². The van der Waals surface area contributed by atoms with Gasteiger partial charge in [-0.25, -0.2) is 9.97 Å². The van der Waals surface area contributed by atoms with E-state index in [0.717, 1.165) is 42.3 Å². The van der Waals surface area contributed by atoms with E-state index in [0.29, 0.717) is 6.54 Å². The summed E-state index contributed by atoms with van der Waals surface area (Å²) in [5.41, 5.74) is 7.38. The molecule has 5 nitrogen and oxygen atoms in total. The number of aromatic nitrogens is 2. The number of nitrogens with two attached hydrogens (primary N) is 1. The van der Waals surface area contributed by atoms with Gasteiger partial charge in [0, 0.05) is 30.4 Å². The molecular weight excluding hydrogens is 276 g/mol. The molecule has 0 aliphatic carbocycles. The topological polar surface area (TPSA) is 72.1 Å².